The summed E-state index contributed by atoms with van der Waals surface area (Å²) in [4.78, 5) is 22.8. The number of amides is 1. The standard InChI is InChI=1S/C20H20N4O3/c1-15(10-11-16-6-3-2-4-7-16)21-20(25)19-12-13-23(22-19)17-8-5-9-18(14-17)24(26)27/h2-9,12-15H,10-11H2,1H3,(H,21,25). The number of carbonyl (C=O) groups excluding carboxylic acids is 1. The van der Waals surface area contributed by atoms with E-state index in [2.05, 4.69) is 22.5 Å². The van der Waals surface area contributed by atoms with Crippen molar-refractivity contribution in [1.29, 1.82) is 0 Å². The summed E-state index contributed by atoms with van der Waals surface area (Å²) in [6.45, 7) is 1.96. The van der Waals surface area contributed by atoms with E-state index in [9.17, 15) is 14.9 Å². The fourth-order valence-corrected chi connectivity index (χ4v) is 2.74. The monoisotopic (exact) mass is 364 g/mol. The van der Waals surface area contributed by atoms with Crippen LogP contribution in [0.5, 0.6) is 0 Å². The summed E-state index contributed by atoms with van der Waals surface area (Å²) in [5, 5.41) is 18.1. The maximum Gasteiger partial charge on any atom is 0.271 e. The molecule has 7 nitrogen and oxygen atoms in total. The van der Waals surface area contributed by atoms with Gasteiger partial charge in [0.05, 0.1) is 10.6 Å². The van der Waals surface area contributed by atoms with Crippen molar-refractivity contribution in [3.63, 3.8) is 0 Å². The highest BCUT2D eigenvalue weighted by atomic mass is 16.6. The van der Waals surface area contributed by atoms with Crippen LogP contribution < -0.4 is 5.32 Å². The zero-order valence-electron chi connectivity index (χ0n) is 14.9. The van der Waals surface area contributed by atoms with E-state index in [1.54, 1.807) is 24.4 Å². The van der Waals surface area contributed by atoms with Gasteiger partial charge in [-0.05, 0) is 37.5 Å². The Morgan fingerprint density at radius 1 is 1.19 bits per heavy atom. The summed E-state index contributed by atoms with van der Waals surface area (Å²) in [5.74, 6) is -0.264. The van der Waals surface area contributed by atoms with Gasteiger partial charge in [-0.2, -0.15) is 5.10 Å². The maximum atomic E-state index is 12.4. The molecule has 1 atom stereocenters. The van der Waals surface area contributed by atoms with E-state index in [0.717, 1.165) is 12.8 Å². The number of nitro benzene ring substituents is 1. The number of rotatable bonds is 7. The normalized spacial score (nSPS) is 11.7. The van der Waals surface area contributed by atoms with Crippen LogP contribution in [0.15, 0.2) is 66.9 Å². The van der Waals surface area contributed by atoms with Crippen LogP contribution >= 0.6 is 0 Å². The zero-order valence-corrected chi connectivity index (χ0v) is 14.9. The van der Waals surface area contributed by atoms with E-state index in [4.69, 9.17) is 0 Å². The first-order valence-corrected chi connectivity index (χ1v) is 8.68. The van der Waals surface area contributed by atoms with Gasteiger partial charge in [-0.1, -0.05) is 36.4 Å². The number of nitrogens with one attached hydrogen (secondary N) is 1. The highest BCUT2D eigenvalue weighted by molar-refractivity contribution is 5.92. The Hall–Kier alpha value is -3.48. The minimum atomic E-state index is -0.463. The first kappa shape index (κ1) is 18.3. The maximum absolute atomic E-state index is 12.4. The topological polar surface area (TPSA) is 90.1 Å². The molecule has 0 aliphatic carbocycles. The summed E-state index contributed by atoms with van der Waals surface area (Å²) >= 11 is 0. The summed E-state index contributed by atoms with van der Waals surface area (Å²) in [7, 11) is 0. The van der Waals surface area contributed by atoms with Gasteiger partial charge in [-0.25, -0.2) is 4.68 Å². The van der Waals surface area contributed by atoms with Crippen LogP contribution in [-0.2, 0) is 6.42 Å². The molecule has 3 aromatic rings. The molecule has 0 bridgehead atoms. The first-order chi connectivity index (χ1) is 13.0. The van der Waals surface area contributed by atoms with Gasteiger partial charge >= 0.3 is 0 Å². The molecule has 1 N–H and O–H groups in total. The van der Waals surface area contributed by atoms with Gasteiger partial charge in [0.1, 0.15) is 0 Å². The molecule has 2 aromatic carbocycles. The number of nitro groups is 1. The van der Waals surface area contributed by atoms with Gasteiger partial charge < -0.3 is 5.32 Å². The Morgan fingerprint density at radius 3 is 2.70 bits per heavy atom. The lowest BCUT2D eigenvalue weighted by atomic mass is 10.1. The van der Waals surface area contributed by atoms with Gasteiger partial charge in [0.15, 0.2) is 5.69 Å². The van der Waals surface area contributed by atoms with Gasteiger partial charge in [-0.3, -0.25) is 14.9 Å². The number of carbonyl (C=O) groups is 1. The molecule has 0 fully saturated rings. The Bertz CT molecular complexity index is 937. The van der Waals surface area contributed by atoms with Crippen LogP contribution in [0.1, 0.15) is 29.4 Å². The van der Waals surface area contributed by atoms with E-state index < -0.39 is 4.92 Å². The molecule has 7 heteroatoms. The molecule has 1 heterocycles. The Kier molecular flexibility index (Phi) is 5.61. The van der Waals surface area contributed by atoms with Crippen molar-refractivity contribution in [2.45, 2.75) is 25.8 Å². The molecule has 1 amide bonds. The van der Waals surface area contributed by atoms with Gasteiger partial charge in [0.25, 0.3) is 11.6 Å². The Balaban J connectivity index is 1.61. The highest BCUT2D eigenvalue weighted by Crippen LogP contribution is 2.16. The van der Waals surface area contributed by atoms with Gasteiger partial charge in [0.2, 0.25) is 0 Å². The number of aryl methyl sites for hydroxylation is 1. The van der Waals surface area contributed by atoms with E-state index in [1.807, 2.05) is 25.1 Å². The molecule has 0 aliphatic rings. The van der Waals surface area contributed by atoms with Crippen molar-refractivity contribution >= 4 is 11.6 Å². The van der Waals surface area contributed by atoms with Crippen LogP contribution in [0.4, 0.5) is 5.69 Å². The van der Waals surface area contributed by atoms with Crippen molar-refractivity contribution in [1.82, 2.24) is 15.1 Å². The molecule has 0 aliphatic heterocycles. The van der Waals surface area contributed by atoms with Crippen molar-refractivity contribution < 1.29 is 9.72 Å². The van der Waals surface area contributed by atoms with Gasteiger partial charge in [-0.15, -0.1) is 0 Å². The summed E-state index contributed by atoms with van der Waals surface area (Å²) < 4.78 is 1.45. The second kappa shape index (κ2) is 8.27. The SMILES string of the molecule is CC(CCc1ccccc1)NC(=O)c1ccn(-c2cccc([N+](=O)[O-])c2)n1. The van der Waals surface area contributed by atoms with Crippen LogP contribution in [0.3, 0.4) is 0 Å². The summed E-state index contributed by atoms with van der Waals surface area (Å²) in [5.41, 5.74) is 2.01. The van der Waals surface area contributed by atoms with Crippen LogP contribution in [0, 0.1) is 10.1 Å². The molecular formula is C20H20N4O3. The predicted octanol–water partition coefficient (Wildman–Crippen LogP) is 3.53. The van der Waals surface area contributed by atoms with E-state index in [-0.39, 0.29) is 23.3 Å². The molecule has 3 rings (SSSR count). The average Bonchev–Trinajstić information content (AvgIpc) is 3.18. The number of non-ortho nitro benzene ring substituents is 1. The fraction of sp³-hybridized carbons (Fsp3) is 0.200. The van der Waals surface area contributed by atoms with Crippen molar-refractivity contribution in [2.24, 2.45) is 0 Å². The largest absolute Gasteiger partial charge is 0.348 e. The number of hydrogen-bond donors (Lipinski definition) is 1. The lowest BCUT2D eigenvalue weighted by Crippen LogP contribution is -2.33. The lowest BCUT2D eigenvalue weighted by molar-refractivity contribution is -0.384. The second-order valence-corrected chi connectivity index (χ2v) is 6.32. The van der Waals surface area contributed by atoms with Crippen LogP contribution in [-0.4, -0.2) is 26.7 Å². The molecule has 138 valence electrons. The smallest absolute Gasteiger partial charge is 0.271 e. The third-order valence-corrected chi connectivity index (χ3v) is 4.21. The molecule has 0 saturated heterocycles. The fourth-order valence-electron chi connectivity index (χ4n) is 2.74. The first-order valence-electron chi connectivity index (χ1n) is 8.68. The molecule has 0 radical (unpaired) electrons. The number of benzene rings is 2. The Labute approximate surface area is 156 Å². The molecule has 27 heavy (non-hydrogen) atoms. The quantitative estimate of drug-likeness (QED) is 0.513. The third kappa shape index (κ3) is 4.78. The predicted molar refractivity (Wildman–Crippen MR) is 102 cm³/mol. The molecule has 0 saturated carbocycles. The van der Waals surface area contributed by atoms with Crippen molar-refractivity contribution in [3.05, 3.63) is 88.2 Å². The van der Waals surface area contributed by atoms with Gasteiger partial charge in [0, 0.05) is 24.4 Å². The van der Waals surface area contributed by atoms with E-state index in [1.165, 1.54) is 22.4 Å². The molecular weight excluding hydrogens is 344 g/mol. The molecule has 1 aromatic heterocycles. The van der Waals surface area contributed by atoms with Crippen molar-refractivity contribution in [2.75, 3.05) is 0 Å². The zero-order chi connectivity index (χ0) is 19.2. The number of hydrogen-bond acceptors (Lipinski definition) is 4. The van der Waals surface area contributed by atoms with Crippen LogP contribution in [0.2, 0.25) is 0 Å². The highest BCUT2D eigenvalue weighted by Gasteiger charge is 2.14. The lowest BCUT2D eigenvalue weighted by Gasteiger charge is -2.12. The third-order valence-electron chi connectivity index (χ3n) is 4.21. The second-order valence-electron chi connectivity index (χ2n) is 6.32. The Morgan fingerprint density at radius 2 is 1.96 bits per heavy atom. The minimum Gasteiger partial charge on any atom is -0.348 e. The molecule has 0 spiro atoms. The summed E-state index contributed by atoms with van der Waals surface area (Å²) in [6, 6.07) is 17.8. The number of aromatic nitrogens is 2. The molecule has 1 unspecified atom stereocenters. The van der Waals surface area contributed by atoms with Crippen molar-refractivity contribution in [3.8, 4) is 5.69 Å². The number of nitrogens with zero attached hydrogens (tertiary/aromatic N) is 3. The average molecular weight is 364 g/mol. The van der Waals surface area contributed by atoms with E-state index in [0.29, 0.717) is 5.69 Å². The minimum absolute atomic E-state index is 0.000619. The van der Waals surface area contributed by atoms with Crippen LogP contribution in [0.25, 0.3) is 5.69 Å². The van der Waals surface area contributed by atoms with E-state index >= 15 is 0 Å². The summed E-state index contributed by atoms with van der Waals surface area (Å²) in [6.07, 6.45) is 3.31.